The second-order valence-electron chi connectivity index (χ2n) is 2.28. The Morgan fingerprint density at radius 2 is 1.92 bits per heavy atom. The van der Waals surface area contributed by atoms with Gasteiger partial charge in [-0.15, -0.1) is 11.6 Å². The van der Waals surface area contributed by atoms with Crippen molar-refractivity contribution in [2.24, 2.45) is 0 Å². The minimum atomic E-state index is -0.159. The third-order valence-electron chi connectivity index (χ3n) is 1.36. The summed E-state index contributed by atoms with van der Waals surface area (Å²) in [5.74, 6) is -0.152. The predicted molar refractivity (Wildman–Crippen MR) is 45.5 cm³/mol. The first-order valence-electron chi connectivity index (χ1n) is 3.59. The zero-order valence-corrected chi connectivity index (χ0v) is 8.42. The summed E-state index contributed by atoms with van der Waals surface area (Å²) in [5.41, 5.74) is 0. The number of hydrogen-bond donors (Lipinski definition) is 1. The van der Waals surface area contributed by atoms with E-state index >= 15 is 0 Å². The van der Waals surface area contributed by atoms with E-state index in [1.807, 2.05) is 35.2 Å². The van der Waals surface area contributed by atoms with Crippen molar-refractivity contribution in [2.75, 3.05) is 5.88 Å². The molecule has 0 aromatic carbocycles. The molecule has 1 aromatic heterocycles. The average molecular weight is 221 g/mol. The van der Waals surface area contributed by atoms with Crippen molar-refractivity contribution in [3.63, 3.8) is 0 Å². The lowest BCUT2D eigenvalue weighted by Crippen LogP contribution is -3.00. The molecule has 0 saturated carbocycles. The second-order valence-corrected chi connectivity index (χ2v) is 2.55. The fourth-order valence-corrected chi connectivity index (χ4v) is 0.861. The Balaban J connectivity index is 0.00000144. The third kappa shape index (κ3) is 4.70. The average Bonchev–Trinajstić information content (AvgIpc) is 2.16. The van der Waals surface area contributed by atoms with Gasteiger partial charge in [0.25, 0.3) is 0 Å². The smallest absolute Gasteiger partial charge is 0.239 e. The van der Waals surface area contributed by atoms with Gasteiger partial charge in [0.05, 0.1) is 0 Å². The fraction of sp³-hybridized carbons (Fsp3) is 0.250. The molecule has 0 atom stereocenters. The Morgan fingerprint density at radius 3 is 2.46 bits per heavy atom. The van der Waals surface area contributed by atoms with Gasteiger partial charge < -0.3 is 12.4 Å². The number of pyridine rings is 1. The molecular weight excluding hydrogens is 211 g/mol. The summed E-state index contributed by atoms with van der Waals surface area (Å²) >= 11 is 5.30. The van der Waals surface area contributed by atoms with E-state index in [2.05, 4.69) is 5.32 Å². The van der Waals surface area contributed by atoms with Gasteiger partial charge in [0.1, 0.15) is 5.88 Å². The standard InChI is InChI=1S/C8H9ClN2O.ClH/c9-6-8(12)10-7-11-4-2-1-3-5-11;/h1-5H,6-7H2;1H. The van der Waals surface area contributed by atoms with Gasteiger partial charge in [-0.25, -0.2) is 0 Å². The number of hydrogen-bond acceptors (Lipinski definition) is 1. The SMILES string of the molecule is O=C(CCl)NC[n+]1ccccc1.[Cl-]. The monoisotopic (exact) mass is 220 g/mol. The molecule has 13 heavy (non-hydrogen) atoms. The van der Waals surface area contributed by atoms with Crippen LogP contribution in [0.25, 0.3) is 0 Å². The Labute approximate surface area is 88.1 Å². The van der Waals surface area contributed by atoms with E-state index in [4.69, 9.17) is 11.6 Å². The summed E-state index contributed by atoms with van der Waals surface area (Å²) in [5, 5.41) is 2.64. The van der Waals surface area contributed by atoms with Crippen LogP contribution in [0, 0.1) is 0 Å². The summed E-state index contributed by atoms with van der Waals surface area (Å²) in [7, 11) is 0. The molecule has 3 nitrogen and oxygen atoms in total. The Kier molecular flexibility index (Phi) is 6.28. The Hall–Kier alpha value is -0.800. The molecule has 72 valence electrons. The fourth-order valence-electron chi connectivity index (χ4n) is 0.766. The molecule has 0 fully saturated rings. The van der Waals surface area contributed by atoms with Gasteiger partial charge >= 0.3 is 0 Å². The van der Waals surface area contributed by atoms with E-state index in [1.54, 1.807) is 0 Å². The van der Waals surface area contributed by atoms with Crippen LogP contribution < -0.4 is 22.3 Å². The third-order valence-corrected chi connectivity index (χ3v) is 1.60. The van der Waals surface area contributed by atoms with E-state index in [-0.39, 0.29) is 24.2 Å². The first-order valence-corrected chi connectivity index (χ1v) is 4.13. The molecule has 1 rings (SSSR count). The number of nitrogens with zero attached hydrogens (tertiary/aromatic N) is 1. The van der Waals surface area contributed by atoms with Crippen LogP contribution in [0.15, 0.2) is 30.6 Å². The van der Waals surface area contributed by atoms with Crippen LogP contribution >= 0.6 is 11.6 Å². The highest BCUT2D eigenvalue weighted by atomic mass is 35.5. The van der Waals surface area contributed by atoms with Crippen LogP contribution in [0.4, 0.5) is 0 Å². The van der Waals surface area contributed by atoms with Crippen molar-refractivity contribution >= 4 is 17.5 Å². The van der Waals surface area contributed by atoms with Crippen LogP contribution in [-0.2, 0) is 11.5 Å². The maximum Gasteiger partial charge on any atom is 0.239 e. The molecule has 0 unspecified atom stereocenters. The molecule has 0 aliphatic carbocycles. The molecule has 5 heteroatoms. The second kappa shape index (κ2) is 6.69. The van der Waals surface area contributed by atoms with Crippen molar-refractivity contribution in [3.05, 3.63) is 30.6 Å². The lowest BCUT2D eigenvalue weighted by Gasteiger charge is -1.97. The highest BCUT2D eigenvalue weighted by molar-refractivity contribution is 6.27. The topological polar surface area (TPSA) is 33.0 Å². The van der Waals surface area contributed by atoms with E-state index in [1.165, 1.54) is 0 Å². The van der Waals surface area contributed by atoms with Crippen LogP contribution in [0.3, 0.4) is 0 Å². The number of halogens is 2. The number of alkyl halides is 1. The predicted octanol–water partition coefficient (Wildman–Crippen LogP) is -2.71. The normalized spacial score (nSPS) is 8.69. The maximum absolute atomic E-state index is 10.7. The molecular formula is C8H10Cl2N2O. The maximum atomic E-state index is 10.7. The van der Waals surface area contributed by atoms with Crippen molar-refractivity contribution in [2.45, 2.75) is 6.67 Å². The van der Waals surface area contributed by atoms with Gasteiger partial charge in [-0.2, -0.15) is 4.57 Å². The van der Waals surface area contributed by atoms with Crippen molar-refractivity contribution in [1.29, 1.82) is 0 Å². The number of carbonyl (C=O) groups excluding carboxylic acids is 1. The minimum absolute atomic E-state index is 0. The van der Waals surface area contributed by atoms with E-state index in [9.17, 15) is 4.79 Å². The molecule has 1 N–H and O–H groups in total. The largest absolute Gasteiger partial charge is 1.00 e. The number of rotatable bonds is 3. The molecule has 1 aromatic rings. The molecule has 0 aliphatic heterocycles. The van der Waals surface area contributed by atoms with Crippen LogP contribution in [0.2, 0.25) is 0 Å². The van der Waals surface area contributed by atoms with Gasteiger partial charge in [0.15, 0.2) is 12.4 Å². The van der Waals surface area contributed by atoms with E-state index in [0.717, 1.165) is 0 Å². The zero-order chi connectivity index (χ0) is 8.81. The molecule has 0 saturated heterocycles. The first kappa shape index (κ1) is 12.2. The van der Waals surface area contributed by atoms with Gasteiger partial charge in [-0.1, -0.05) is 6.07 Å². The van der Waals surface area contributed by atoms with Crippen LogP contribution in [0.5, 0.6) is 0 Å². The highest BCUT2D eigenvalue weighted by Crippen LogP contribution is 1.76. The summed E-state index contributed by atoms with van der Waals surface area (Å²) in [6, 6.07) is 5.71. The number of amides is 1. The molecule has 1 heterocycles. The summed E-state index contributed by atoms with van der Waals surface area (Å²) in [4.78, 5) is 10.7. The zero-order valence-electron chi connectivity index (χ0n) is 6.91. The van der Waals surface area contributed by atoms with Gasteiger partial charge in [-0.05, 0) is 0 Å². The van der Waals surface area contributed by atoms with E-state index < -0.39 is 0 Å². The quantitative estimate of drug-likeness (QED) is 0.437. The lowest BCUT2D eigenvalue weighted by atomic mass is 10.5. The van der Waals surface area contributed by atoms with Gasteiger partial charge in [-0.3, -0.25) is 10.1 Å². The van der Waals surface area contributed by atoms with Gasteiger partial charge in [0, 0.05) is 12.1 Å². The first-order chi connectivity index (χ1) is 5.83. The van der Waals surface area contributed by atoms with Crippen LogP contribution in [0.1, 0.15) is 0 Å². The number of aromatic nitrogens is 1. The van der Waals surface area contributed by atoms with Crippen molar-refractivity contribution in [3.8, 4) is 0 Å². The number of carbonyl (C=O) groups is 1. The van der Waals surface area contributed by atoms with Gasteiger partial charge in [0.2, 0.25) is 12.6 Å². The Morgan fingerprint density at radius 1 is 1.31 bits per heavy atom. The lowest BCUT2D eigenvalue weighted by molar-refractivity contribution is -0.700. The summed E-state index contributed by atoms with van der Waals surface area (Å²) in [6.45, 7) is 0.465. The number of nitrogens with one attached hydrogen (secondary N) is 1. The molecule has 0 bridgehead atoms. The summed E-state index contributed by atoms with van der Waals surface area (Å²) < 4.78 is 1.85. The molecule has 0 spiro atoms. The van der Waals surface area contributed by atoms with Crippen LogP contribution in [-0.4, -0.2) is 11.8 Å². The minimum Gasteiger partial charge on any atom is -1.00 e. The van der Waals surface area contributed by atoms with Crippen molar-refractivity contribution < 1.29 is 21.8 Å². The van der Waals surface area contributed by atoms with Crippen molar-refractivity contribution in [1.82, 2.24) is 5.32 Å². The van der Waals surface area contributed by atoms with E-state index in [0.29, 0.717) is 6.67 Å². The molecule has 0 aliphatic rings. The summed E-state index contributed by atoms with van der Waals surface area (Å²) in [6.07, 6.45) is 3.74. The Bertz CT molecular complexity index is 254. The molecule has 1 amide bonds. The highest BCUT2D eigenvalue weighted by Gasteiger charge is 2.00. The molecule has 0 radical (unpaired) electrons.